The number of nitrogens with zero attached hydrogens (tertiary/aromatic N) is 1. The van der Waals surface area contributed by atoms with E-state index in [-0.39, 0.29) is 6.61 Å². The predicted molar refractivity (Wildman–Crippen MR) is 87.3 cm³/mol. The van der Waals surface area contributed by atoms with Crippen molar-refractivity contribution in [3.05, 3.63) is 29.3 Å². The van der Waals surface area contributed by atoms with Crippen molar-refractivity contribution < 1.29 is 19.1 Å². The molecule has 0 saturated heterocycles. The van der Waals surface area contributed by atoms with E-state index < -0.39 is 24.0 Å². The van der Waals surface area contributed by atoms with Crippen LogP contribution >= 0.6 is 0 Å². The highest BCUT2D eigenvalue weighted by atomic mass is 16.6. The Morgan fingerprint density at radius 1 is 1.25 bits per heavy atom. The van der Waals surface area contributed by atoms with Crippen LogP contribution in [0.1, 0.15) is 36.8 Å². The Hall–Kier alpha value is -2.55. The number of esters is 1. The van der Waals surface area contributed by atoms with Crippen LogP contribution in [0.15, 0.2) is 18.2 Å². The molecule has 0 bridgehead atoms. The number of ether oxygens (including phenoxy) is 2. The van der Waals surface area contributed by atoms with Gasteiger partial charge in [-0.05, 0) is 51.2 Å². The summed E-state index contributed by atoms with van der Waals surface area (Å²) >= 11 is 0. The highest BCUT2D eigenvalue weighted by Gasteiger charge is 2.35. The van der Waals surface area contributed by atoms with Crippen molar-refractivity contribution in [3.63, 3.8) is 0 Å². The molecule has 6 nitrogen and oxygen atoms in total. The normalized spacial score (nSPS) is 15.4. The highest BCUT2D eigenvalue weighted by molar-refractivity contribution is 5.81. The second kappa shape index (κ2) is 7.82. The average molecular weight is 330 g/mol. The van der Waals surface area contributed by atoms with Gasteiger partial charge in [0.2, 0.25) is 0 Å². The fourth-order valence-corrected chi connectivity index (χ4v) is 2.83. The number of carbonyl (C=O) groups excluding carboxylic acids is 2. The van der Waals surface area contributed by atoms with Crippen LogP contribution in [0, 0.1) is 25.2 Å². The Balaban J connectivity index is 1.74. The Labute approximate surface area is 141 Å². The molecule has 1 aromatic rings. The molecule has 1 saturated carbocycles. The van der Waals surface area contributed by atoms with Crippen molar-refractivity contribution in [2.75, 3.05) is 13.2 Å². The summed E-state index contributed by atoms with van der Waals surface area (Å²) in [6, 6.07) is 7.80. The van der Waals surface area contributed by atoms with Gasteiger partial charge in [0.15, 0.2) is 13.2 Å². The van der Waals surface area contributed by atoms with Crippen LogP contribution in [0.5, 0.6) is 5.75 Å². The minimum Gasteiger partial charge on any atom is -0.482 e. The van der Waals surface area contributed by atoms with E-state index in [1.807, 2.05) is 26.0 Å². The molecular formula is C18H22N2O4. The molecule has 0 aromatic heterocycles. The van der Waals surface area contributed by atoms with Gasteiger partial charge in [-0.3, -0.25) is 4.79 Å². The summed E-state index contributed by atoms with van der Waals surface area (Å²) in [4.78, 5) is 23.5. The Morgan fingerprint density at radius 2 is 1.96 bits per heavy atom. The molecule has 2 rings (SSSR count). The molecule has 24 heavy (non-hydrogen) atoms. The largest absolute Gasteiger partial charge is 0.482 e. The number of hydrogen-bond acceptors (Lipinski definition) is 5. The van der Waals surface area contributed by atoms with Crippen LogP contribution in [0.3, 0.4) is 0 Å². The molecule has 0 spiro atoms. The number of rotatable bonds is 6. The van der Waals surface area contributed by atoms with Gasteiger partial charge in [-0.25, -0.2) is 4.79 Å². The molecule has 0 heterocycles. The zero-order valence-corrected chi connectivity index (χ0v) is 14.1. The molecule has 1 N–H and O–H groups in total. The SMILES string of the molecule is Cc1ccc(OCC(=O)OCC(=O)NC2(C#N)CCCC2)c(C)c1. The van der Waals surface area contributed by atoms with Crippen LogP contribution in [-0.4, -0.2) is 30.6 Å². The summed E-state index contributed by atoms with van der Waals surface area (Å²) in [5.74, 6) is -0.475. The molecule has 1 amide bonds. The van der Waals surface area contributed by atoms with E-state index in [9.17, 15) is 14.9 Å². The van der Waals surface area contributed by atoms with Crippen molar-refractivity contribution in [2.45, 2.75) is 45.1 Å². The lowest BCUT2D eigenvalue weighted by molar-refractivity contribution is -0.150. The van der Waals surface area contributed by atoms with Gasteiger partial charge in [-0.2, -0.15) is 5.26 Å². The first kappa shape index (κ1) is 17.8. The highest BCUT2D eigenvalue weighted by Crippen LogP contribution is 2.28. The minimum atomic E-state index is -0.807. The zero-order chi connectivity index (χ0) is 17.6. The summed E-state index contributed by atoms with van der Waals surface area (Å²) in [5, 5.41) is 11.9. The first-order valence-corrected chi connectivity index (χ1v) is 8.02. The summed E-state index contributed by atoms with van der Waals surface area (Å²) < 4.78 is 10.3. The topological polar surface area (TPSA) is 88.4 Å². The fraction of sp³-hybridized carbons (Fsp3) is 0.500. The van der Waals surface area contributed by atoms with Gasteiger partial charge < -0.3 is 14.8 Å². The second-order valence-electron chi connectivity index (χ2n) is 6.17. The third kappa shape index (κ3) is 4.72. The maximum atomic E-state index is 11.9. The third-order valence-corrected chi connectivity index (χ3v) is 4.09. The van der Waals surface area contributed by atoms with E-state index in [0.29, 0.717) is 18.6 Å². The van der Waals surface area contributed by atoms with Gasteiger partial charge in [0.25, 0.3) is 5.91 Å². The number of amides is 1. The summed E-state index contributed by atoms with van der Waals surface area (Å²) in [5.41, 5.74) is 1.23. The van der Waals surface area contributed by atoms with Crippen molar-refractivity contribution in [1.29, 1.82) is 5.26 Å². The molecule has 0 aliphatic heterocycles. The lowest BCUT2D eigenvalue weighted by Crippen LogP contribution is -2.46. The van der Waals surface area contributed by atoms with Crippen LogP contribution < -0.4 is 10.1 Å². The van der Waals surface area contributed by atoms with Crippen molar-refractivity contribution in [1.82, 2.24) is 5.32 Å². The number of nitriles is 1. The molecule has 1 aliphatic carbocycles. The van der Waals surface area contributed by atoms with E-state index in [1.54, 1.807) is 6.07 Å². The lowest BCUT2D eigenvalue weighted by atomic mass is 10.00. The maximum Gasteiger partial charge on any atom is 0.344 e. The van der Waals surface area contributed by atoms with Crippen LogP contribution in [0.4, 0.5) is 0 Å². The Bertz CT molecular complexity index is 657. The Morgan fingerprint density at radius 3 is 2.58 bits per heavy atom. The van der Waals surface area contributed by atoms with Gasteiger partial charge in [0, 0.05) is 0 Å². The van der Waals surface area contributed by atoms with Crippen molar-refractivity contribution in [3.8, 4) is 11.8 Å². The number of hydrogen-bond donors (Lipinski definition) is 1. The van der Waals surface area contributed by atoms with Gasteiger partial charge in [-0.1, -0.05) is 17.7 Å². The van der Waals surface area contributed by atoms with Gasteiger partial charge in [0.1, 0.15) is 11.3 Å². The van der Waals surface area contributed by atoms with Crippen molar-refractivity contribution >= 4 is 11.9 Å². The van der Waals surface area contributed by atoms with Crippen molar-refractivity contribution in [2.24, 2.45) is 0 Å². The molecule has 6 heteroatoms. The minimum absolute atomic E-state index is 0.263. The number of nitrogens with one attached hydrogen (secondary N) is 1. The molecule has 128 valence electrons. The van der Waals surface area contributed by atoms with Crippen LogP contribution in [0.2, 0.25) is 0 Å². The molecule has 1 fully saturated rings. The van der Waals surface area contributed by atoms with Gasteiger partial charge >= 0.3 is 5.97 Å². The van der Waals surface area contributed by atoms with Gasteiger partial charge in [-0.15, -0.1) is 0 Å². The smallest absolute Gasteiger partial charge is 0.344 e. The summed E-state index contributed by atoms with van der Waals surface area (Å²) in [6.45, 7) is 3.20. The van der Waals surface area contributed by atoms with E-state index in [4.69, 9.17) is 9.47 Å². The lowest BCUT2D eigenvalue weighted by Gasteiger charge is -2.21. The third-order valence-electron chi connectivity index (χ3n) is 4.09. The van der Waals surface area contributed by atoms with E-state index in [1.165, 1.54) is 0 Å². The molecule has 0 radical (unpaired) electrons. The quantitative estimate of drug-likeness (QED) is 0.808. The molecule has 0 atom stereocenters. The summed E-state index contributed by atoms with van der Waals surface area (Å²) in [7, 11) is 0. The fourth-order valence-electron chi connectivity index (χ4n) is 2.83. The maximum absolute atomic E-state index is 11.9. The molecule has 1 aliphatic rings. The molecular weight excluding hydrogens is 308 g/mol. The van der Waals surface area contributed by atoms with Crippen LogP contribution in [-0.2, 0) is 14.3 Å². The first-order chi connectivity index (χ1) is 11.4. The molecule has 0 unspecified atom stereocenters. The zero-order valence-electron chi connectivity index (χ0n) is 14.1. The van der Waals surface area contributed by atoms with E-state index in [2.05, 4.69) is 11.4 Å². The number of aryl methyl sites for hydroxylation is 2. The molecule has 1 aromatic carbocycles. The monoisotopic (exact) mass is 330 g/mol. The first-order valence-electron chi connectivity index (χ1n) is 8.02. The number of carbonyl (C=O) groups is 2. The standard InChI is InChI=1S/C18H22N2O4/c1-13-5-6-15(14(2)9-13)23-11-17(22)24-10-16(21)20-18(12-19)7-3-4-8-18/h5-6,9H,3-4,7-8,10-11H2,1-2H3,(H,20,21). The average Bonchev–Trinajstić information content (AvgIpc) is 3.01. The van der Waals surface area contributed by atoms with E-state index >= 15 is 0 Å². The van der Waals surface area contributed by atoms with Crippen LogP contribution in [0.25, 0.3) is 0 Å². The predicted octanol–water partition coefficient (Wildman–Crippen LogP) is 2.18. The Kier molecular flexibility index (Phi) is 5.80. The van der Waals surface area contributed by atoms with Gasteiger partial charge in [0.05, 0.1) is 6.07 Å². The second-order valence-corrected chi connectivity index (χ2v) is 6.17. The number of benzene rings is 1. The summed E-state index contributed by atoms with van der Waals surface area (Å²) in [6.07, 6.45) is 3.10. The van der Waals surface area contributed by atoms with E-state index in [0.717, 1.165) is 24.0 Å².